The number of halogens is 3. The van der Waals surface area contributed by atoms with Gasteiger partial charge in [-0.1, -0.05) is 17.7 Å². The average molecular weight is 508 g/mol. The topological polar surface area (TPSA) is 90.8 Å². The van der Waals surface area contributed by atoms with E-state index in [-0.39, 0.29) is 18.3 Å². The van der Waals surface area contributed by atoms with Gasteiger partial charge in [-0.25, -0.2) is 14.1 Å². The largest absolute Gasteiger partial charge is 0.454 e. The van der Waals surface area contributed by atoms with E-state index in [0.29, 0.717) is 22.9 Å². The van der Waals surface area contributed by atoms with Crippen LogP contribution in [0.4, 0.5) is 10.3 Å². The van der Waals surface area contributed by atoms with Crippen molar-refractivity contribution in [3.05, 3.63) is 80.4 Å². The van der Waals surface area contributed by atoms with Crippen molar-refractivity contribution in [2.24, 2.45) is 0 Å². The molecule has 31 heavy (non-hydrogen) atoms. The molecule has 4 aromatic rings. The van der Waals surface area contributed by atoms with Gasteiger partial charge in [0, 0.05) is 5.02 Å². The second-order valence-electron chi connectivity index (χ2n) is 6.86. The van der Waals surface area contributed by atoms with E-state index in [0.717, 1.165) is 15.9 Å². The zero-order valence-corrected chi connectivity index (χ0v) is 18.9. The molecule has 3 heterocycles. The van der Waals surface area contributed by atoms with Gasteiger partial charge in [0.25, 0.3) is 5.91 Å². The van der Waals surface area contributed by atoms with Gasteiger partial charge in [0.1, 0.15) is 17.9 Å². The van der Waals surface area contributed by atoms with E-state index in [1.165, 1.54) is 23.1 Å². The molecule has 0 aliphatic heterocycles. The van der Waals surface area contributed by atoms with E-state index in [4.69, 9.17) is 16.0 Å². The molecule has 0 saturated heterocycles. The van der Waals surface area contributed by atoms with Crippen LogP contribution in [-0.4, -0.2) is 30.5 Å². The highest BCUT2D eigenvalue weighted by Crippen LogP contribution is 2.21. The zero-order chi connectivity index (χ0) is 22.1. The molecule has 0 aliphatic carbocycles. The number of hydrogen-bond acceptors (Lipinski definition) is 5. The molecular formula is C20H17BrClFN6O2. The van der Waals surface area contributed by atoms with Crippen LogP contribution >= 0.6 is 27.5 Å². The molecule has 0 spiro atoms. The van der Waals surface area contributed by atoms with Crippen LogP contribution in [0.15, 0.2) is 45.5 Å². The fourth-order valence-corrected chi connectivity index (χ4v) is 3.49. The first-order chi connectivity index (χ1) is 14.8. The molecule has 0 bridgehead atoms. The van der Waals surface area contributed by atoms with Gasteiger partial charge < -0.3 is 4.42 Å². The van der Waals surface area contributed by atoms with Crippen LogP contribution in [0.3, 0.4) is 0 Å². The number of nitrogens with one attached hydrogen (secondary N) is 1. The van der Waals surface area contributed by atoms with Crippen molar-refractivity contribution in [2.45, 2.75) is 26.9 Å². The van der Waals surface area contributed by atoms with Crippen LogP contribution in [0.2, 0.25) is 5.02 Å². The van der Waals surface area contributed by atoms with Crippen molar-refractivity contribution < 1.29 is 13.6 Å². The van der Waals surface area contributed by atoms with Gasteiger partial charge in [-0.05, 0) is 59.6 Å². The second kappa shape index (κ2) is 8.64. The molecule has 1 aromatic carbocycles. The molecule has 0 unspecified atom stereocenters. The van der Waals surface area contributed by atoms with E-state index in [2.05, 4.69) is 36.4 Å². The fourth-order valence-electron chi connectivity index (χ4n) is 2.98. The molecular weight excluding hydrogens is 491 g/mol. The molecule has 0 radical (unpaired) electrons. The lowest BCUT2D eigenvalue weighted by Gasteiger charge is -2.04. The highest BCUT2D eigenvalue weighted by Gasteiger charge is 2.16. The van der Waals surface area contributed by atoms with Crippen LogP contribution in [-0.2, 0) is 13.1 Å². The second-order valence-corrected chi connectivity index (χ2v) is 8.06. The summed E-state index contributed by atoms with van der Waals surface area (Å²) < 4.78 is 23.1. The van der Waals surface area contributed by atoms with Crippen LogP contribution < -0.4 is 5.32 Å². The minimum atomic E-state index is -0.474. The summed E-state index contributed by atoms with van der Waals surface area (Å²) in [7, 11) is 0. The van der Waals surface area contributed by atoms with Gasteiger partial charge in [0.05, 0.1) is 29.0 Å². The van der Waals surface area contributed by atoms with Crippen molar-refractivity contribution in [3.8, 4) is 0 Å². The van der Waals surface area contributed by atoms with Gasteiger partial charge in [-0.2, -0.15) is 5.10 Å². The van der Waals surface area contributed by atoms with E-state index in [9.17, 15) is 9.18 Å². The molecule has 4 rings (SSSR count). The van der Waals surface area contributed by atoms with E-state index in [1.54, 1.807) is 22.9 Å². The fraction of sp³-hybridized carbons (Fsp3) is 0.200. The monoisotopic (exact) mass is 506 g/mol. The number of carbonyl (C=O) groups excluding carboxylic acids is 1. The van der Waals surface area contributed by atoms with Crippen molar-refractivity contribution in [2.75, 3.05) is 5.32 Å². The Labute approximate surface area is 190 Å². The Kier molecular flexibility index (Phi) is 5.92. The summed E-state index contributed by atoms with van der Waals surface area (Å²) in [6.07, 6.45) is 1.45. The summed E-state index contributed by atoms with van der Waals surface area (Å²) >= 11 is 9.53. The van der Waals surface area contributed by atoms with Gasteiger partial charge in [0.15, 0.2) is 5.76 Å². The molecule has 8 nitrogen and oxygen atoms in total. The van der Waals surface area contributed by atoms with Crippen molar-refractivity contribution in [3.63, 3.8) is 0 Å². The Morgan fingerprint density at radius 1 is 1.23 bits per heavy atom. The quantitative estimate of drug-likeness (QED) is 0.412. The Hall–Kier alpha value is -2.98. The minimum Gasteiger partial charge on any atom is -0.454 e. The molecule has 0 saturated carbocycles. The van der Waals surface area contributed by atoms with Crippen LogP contribution in [0, 0.1) is 19.7 Å². The Balaban J connectivity index is 1.40. The third-order valence-corrected chi connectivity index (χ3v) is 6.09. The zero-order valence-electron chi connectivity index (χ0n) is 16.6. The Morgan fingerprint density at radius 3 is 2.74 bits per heavy atom. The highest BCUT2D eigenvalue weighted by molar-refractivity contribution is 9.10. The molecule has 0 atom stereocenters. The van der Waals surface area contributed by atoms with Gasteiger partial charge >= 0.3 is 0 Å². The predicted molar refractivity (Wildman–Crippen MR) is 116 cm³/mol. The number of furan rings is 1. The molecule has 0 aliphatic rings. The number of nitrogens with zero attached hydrogens (tertiary/aromatic N) is 5. The molecule has 0 fully saturated rings. The van der Waals surface area contributed by atoms with Crippen molar-refractivity contribution in [1.82, 2.24) is 24.5 Å². The third-order valence-electron chi connectivity index (χ3n) is 4.59. The summed E-state index contributed by atoms with van der Waals surface area (Å²) in [5, 5.41) is 11.5. The third kappa shape index (κ3) is 4.70. The number of aromatic nitrogens is 5. The summed E-state index contributed by atoms with van der Waals surface area (Å²) in [5.41, 5.74) is 2.53. The molecule has 160 valence electrons. The van der Waals surface area contributed by atoms with E-state index >= 15 is 0 Å². The maximum atomic E-state index is 13.2. The van der Waals surface area contributed by atoms with Gasteiger partial charge in [-0.3, -0.25) is 14.8 Å². The molecule has 11 heteroatoms. The average Bonchev–Trinajstić information content (AvgIpc) is 3.42. The maximum absolute atomic E-state index is 13.2. The molecule has 1 amide bonds. The van der Waals surface area contributed by atoms with Gasteiger partial charge in [-0.15, -0.1) is 5.10 Å². The number of aryl methyl sites for hydroxylation is 1. The summed E-state index contributed by atoms with van der Waals surface area (Å²) in [6.45, 7) is 4.54. The molecule has 1 N–H and O–H groups in total. The highest BCUT2D eigenvalue weighted by atomic mass is 79.9. The smallest absolute Gasteiger partial charge is 0.293 e. The number of anilines is 1. The first-order valence-corrected chi connectivity index (χ1v) is 10.4. The van der Waals surface area contributed by atoms with Crippen molar-refractivity contribution >= 4 is 39.4 Å². The standard InChI is InChI=1S/C20H17BrClFN6O2/c1-11-18(21)12(2)29(26-11)9-15-5-6-17(31-15)19(30)25-20-24-10-28(27-20)8-13-3-4-14(23)7-16(13)22/h3-7,10H,8-9H2,1-2H3,(H,25,27,30). The first kappa shape index (κ1) is 21.3. The van der Waals surface area contributed by atoms with Crippen LogP contribution in [0.25, 0.3) is 0 Å². The maximum Gasteiger partial charge on any atom is 0.293 e. The Morgan fingerprint density at radius 2 is 2.03 bits per heavy atom. The van der Waals surface area contributed by atoms with Crippen LogP contribution in [0.5, 0.6) is 0 Å². The van der Waals surface area contributed by atoms with Gasteiger partial charge in [0.2, 0.25) is 5.95 Å². The molecule has 3 aromatic heterocycles. The lowest BCUT2D eigenvalue weighted by molar-refractivity contribution is 0.0993. The lowest BCUT2D eigenvalue weighted by Crippen LogP contribution is -2.13. The van der Waals surface area contributed by atoms with E-state index < -0.39 is 11.7 Å². The predicted octanol–water partition coefficient (Wildman–Crippen LogP) is 4.59. The Bertz CT molecular complexity index is 1260. The number of amides is 1. The normalized spacial score (nSPS) is 11.1. The van der Waals surface area contributed by atoms with Crippen LogP contribution in [0.1, 0.15) is 33.3 Å². The van der Waals surface area contributed by atoms with Crippen molar-refractivity contribution in [1.29, 1.82) is 0 Å². The number of carbonyl (C=O) groups is 1. The first-order valence-electron chi connectivity index (χ1n) is 9.23. The minimum absolute atomic E-state index is 0.115. The summed E-state index contributed by atoms with van der Waals surface area (Å²) in [5.74, 6) is -0.0492. The number of hydrogen-bond donors (Lipinski definition) is 1. The number of rotatable bonds is 6. The lowest BCUT2D eigenvalue weighted by atomic mass is 10.2. The van der Waals surface area contributed by atoms with E-state index in [1.807, 2.05) is 13.8 Å². The summed E-state index contributed by atoms with van der Waals surface area (Å²) in [4.78, 5) is 16.5. The summed E-state index contributed by atoms with van der Waals surface area (Å²) in [6, 6.07) is 7.43. The number of benzene rings is 1. The SMILES string of the molecule is Cc1nn(Cc2ccc(C(=O)Nc3ncn(Cc4ccc(F)cc4Cl)n3)o2)c(C)c1Br.